The van der Waals surface area contributed by atoms with E-state index in [0.29, 0.717) is 11.6 Å². The Morgan fingerprint density at radius 1 is 1.14 bits per heavy atom. The number of aromatic nitrogens is 1. The van der Waals surface area contributed by atoms with Gasteiger partial charge in [-0.3, -0.25) is 0 Å². The van der Waals surface area contributed by atoms with Crippen molar-refractivity contribution in [3.63, 3.8) is 0 Å². The third kappa shape index (κ3) is 2.99. The molecule has 110 valence electrons. The molecule has 1 aromatic heterocycles. The van der Waals surface area contributed by atoms with Gasteiger partial charge < -0.3 is 9.63 Å². The van der Waals surface area contributed by atoms with Crippen LogP contribution in [0, 0.1) is 0 Å². The second-order valence-corrected chi connectivity index (χ2v) is 5.66. The predicted octanol–water partition coefficient (Wildman–Crippen LogP) is 4.48. The highest BCUT2D eigenvalue weighted by Crippen LogP contribution is 2.37. The molecule has 1 heterocycles. The van der Waals surface area contributed by atoms with E-state index >= 15 is 0 Å². The summed E-state index contributed by atoms with van der Waals surface area (Å²) < 4.78 is 4.90. The fourth-order valence-corrected chi connectivity index (χ4v) is 3.18. The van der Waals surface area contributed by atoms with Crippen LogP contribution in [0.15, 0.2) is 34.9 Å². The number of benzene rings is 1. The molecule has 0 aliphatic heterocycles. The molecule has 0 unspecified atom stereocenters. The molecule has 1 N–H and O–H groups in total. The average Bonchev–Trinajstić information content (AvgIpc) is 2.84. The minimum atomic E-state index is -1.08. The fraction of sp³-hybridized carbons (Fsp3) is 0.412. The summed E-state index contributed by atoms with van der Waals surface area (Å²) >= 11 is 0. The molecular formula is C17H19NO3. The summed E-state index contributed by atoms with van der Waals surface area (Å²) in [6, 6.07) is 9.66. The Kier molecular flexibility index (Phi) is 4.04. The smallest absolute Gasteiger partial charge is 0.374 e. The topological polar surface area (TPSA) is 63.3 Å². The first-order valence-electron chi connectivity index (χ1n) is 7.55. The quantitative estimate of drug-likeness (QED) is 0.845. The molecule has 0 saturated heterocycles. The van der Waals surface area contributed by atoms with Crippen LogP contribution < -0.4 is 0 Å². The molecule has 3 rings (SSSR count). The van der Waals surface area contributed by atoms with E-state index in [4.69, 9.17) is 9.63 Å². The standard InChI is InChI=1S/C17H19NO3/c19-17(20)16-11-15(18-21-16)14-10-6-5-9-13(14)12-7-3-1-2-4-8-12/h5-6,9-12H,1-4,7-8H2,(H,19,20). The Balaban J connectivity index is 1.96. The van der Waals surface area contributed by atoms with Crippen LogP contribution in [-0.4, -0.2) is 16.2 Å². The van der Waals surface area contributed by atoms with Crippen molar-refractivity contribution in [1.29, 1.82) is 0 Å². The Labute approximate surface area is 123 Å². The van der Waals surface area contributed by atoms with Gasteiger partial charge in [-0.2, -0.15) is 0 Å². The van der Waals surface area contributed by atoms with Gasteiger partial charge in [0.05, 0.1) is 0 Å². The molecule has 0 atom stereocenters. The number of hydrogen-bond acceptors (Lipinski definition) is 3. The lowest BCUT2D eigenvalue weighted by molar-refractivity contribution is 0.0652. The molecule has 0 bridgehead atoms. The van der Waals surface area contributed by atoms with Crippen LogP contribution >= 0.6 is 0 Å². The highest BCUT2D eigenvalue weighted by Gasteiger charge is 2.20. The summed E-state index contributed by atoms with van der Waals surface area (Å²) in [5, 5.41) is 12.9. The summed E-state index contributed by atoms with van der Waals surface area (Å²) in [7, 11) is 0. The van der Waals surface area contributed by atoms with Crippen LogP contribution in [-0.2, 0) is 0 Å². The van der Waals surface area contributed by atoms with Gasteiger partial charge >= 0.3 is 5.97 Å². The van der Waals surface area contributed by atoms with Crippen LogP contribution in [0.5, 0.6) is 0 Å². The molecule has 0 spiro atoms. The van der Waals surface area contributed by atoms with Crippen molar-refractivity contribution in [1.82, 2.24) is 5.16 Å². The van der Waals surface area contributed by atoms with E-state index in [9.17, 15) is 4.79 Å². The van der Waals surface area contributed by atoms with Crippen molar-refractivity contribution in [3.05, 3.63) is 41.7 Å². The van der Waals surface area contributed by atoms with Crippen molar-refractivity contribution < 1.29 is 14.4 Å². The van der Waals surface area contributed by atoms with E-state index in [2.05, 4.69) is 11.2 Å². The van der Waals surface area contributed by atoms with Gasteiger partial charge in [0.25, 0.3) is 0 Å². The molecule has 1 fully saturated rings. The number of carboxylic acids is 1. The predicted molar refractivity (Wildman–Crippen MR) is 79.3 cm³/mol. The van der Waals surface area contributed by atoms with E-state index in [1.54, 1.807) is 0 Å². The Bertz CT molecular complexity index is 624. The second-order valence-electron chi connectivity index (χ2n) is 5.66. The highest BCUT2D eigenvalue weighted by molar-refractivity contribution is 5.85. The average molecular weight is 285 g/mol. The van der Waals surface area contributed by atoms with Crippen molar-refractivity contribution in [2.75, 3.05) is 0 Å². The van der Waals surface area contributed by atoms with Gasteiger partial charge in [0, 0.05) is 11.6 Å². The number of nitrogens with zero attached hydrogens (tertiary/aromatic N) is 1. The molecule has 1 aromatic carbocycles. The summed E-state index contributed by atoms with van der Waals surface area (Å²) in [6.07, 6.45) is 7.54. The molecule has 0 amide bonds. The monoisotopic (exact) mass is 285 g/mol. The van der Waals surface area contributed by atoms with Gasteiger partial charge in [0.15, 0.2) is 0 Å². The largest absolute Gasteiger partial charge is 0.475 e. The number of aromatic carboxylic acids is 1. The van der Waals surface area contributed by atoms with E-state index in [1.165, 1.54) is 50.2 Å². The van der Waals surface area contributed by atoms with E-state index < -0.39 is 5.97 Å². The van der Waals surface area contributed by atoms with Gasteiger partial charge in [-0.15, -0.1) is 0 Å². The maximum atomic E-state index is 10.9. The summed E-state index contributed by atoms with van der Waals surface area (Å²) in [5.74, 6) is -0.657. The lowest BCUT2D eigenvalue weighted by Gasteiger charge is -2.17. The lowest BCUT2D eigenvalue weighted by Crippen LogP contribution is -2.00. The molecule has 4 heteroatoms. The van der Waals surface area contributed by atoms with E-state index in [1.807, 2.05) is 18.2 Å². The maximum absolute atomic E-state index is 10.9. The Hall–Kier alpha value is -2.10. The van der Waals surface area contributed by atoms with Crippen LogP contribution in [0.2, 0.25) is 0 Å². The number of carbonyl (C=O) groups is 1. The van der Waals surface area contributed by atoms with Crippen LogP contribution in [0.25, 0.3) is 11.3 Å². The maximum Gasteiger partial charge on any atom is 0.374 e. The molecule has 2 aromatic rings. The van der Waals surface area contributed by atoms with Crippen LogP contribution in [0.3, 0.4) is 0 Å². The molecule has 1 saturated carbocycles. The zero-order valence-corrected chi connectivity index (χ0v) is 11.9. The zero-order chi connectivity index (χ0) is 14.7. The zero-order valence-electron chi connectivity index (χ0n) is 11.9. The van der Waals surface area contributed by atoms with Gasteiger partial charge in [-0.25, -0.2) is 4.79 Å². The summed E-state index contributed by atoms with van der Waals surface area (Å²) in [6.45, 7) is 0. The van der Waals surface area contributed by atoms with Gasteiger partial charge in [-0.1, -0.05) is 55.1 Å². The van der Waals surface area contributed by atoms with Crippen molar-refractivity contribution in [3.8, 4) is 11.3 Å². The molecule has 4 nitrogen and oxygen atoms in total. The third-order valence-corrected chi connectivity index (χ3v) is 4.25. The first kappa shape index (κ1) is 13.9. The lowest BCUT2D eigenvalue weighted by atomic mass is 9.87. The van der Waals surface area contributed by atoms with E-state index in [-0.39, 0.29) is 5.76 Å². The minimum Gasteiger partial charge on any atom is -0.475 e. The number of carboxylic acid groups (broad SMARTS) is 1. The van der Waals surface area contributed by atoms with Crippen molar-refractivity contribution in [2.24, 2.45) is 0 Å². The molecule has 21 heavy (non-hydrogen) atoms. The van der Waals surface area contributed by atoms with Crippen molar-refractivity contribution in [2.45, 2.75) is 44.4 Å². The highest BCUT2D eigenvalue weighted by atomic mass is 16.5. The first-order chi connectivity index (χ1) is 10.3. The number of hydrogen-bond donors (Lipinski definition) is 1. The van der Waals surface area contributed by atoms with E-state index in [0.717, 1.165) is 5.56 Å². The normalized spacial score (nSPS) is 16.6. The van der Waals surface area contributed by atoms with Gasteiger partial charge in [-0.05, 0) is 24.3 Å². The summed E-state index contributed by atoms with van der Waals surface area (Å²) in [5.41, 5.74) is 2.89. The SMILES string of the molecule is O=C(O)c1cc(-c2ccccc2C2CCCCCC2)no1. The number of rotatable bonds is 3. The third-order valence-electron chi connectivity index (χ3n) is 4.25. The Morgan fingerprint density at radius 3 is 2.52 bits per heavy atom. The second kappa shape index (κ2) is 6.12. The van der Waals surface area contributed by atoms with Gasteiger partial charge in [0.2, 0.25) is 5.76 Å². The summed E-state index contributed by atoms with van der Waals surface area (Å²) in [4.78, 5) is 10.9. The molecule has 0 radical (unpaired) electrons. The molecular weight excluding hydrogens is 266 g/mol. The Morgan fingerprint density at radius 2 is 1.86 bits per heavy atom. The van der Waals surface area contributed by atoms with Crippen LogP contribution in [0.4, 0.5) is 0 Å². The molecule has 1 aliphatic rings. The molecule has 1 aliphatic carbocycles. The van der Waals surface area contributed by atoms with Crippen molar-refractivity contribution >= 4 is 5.97 Å². The fourth-order valence-electron chi connectivity index (χ4n) is 3.18. The van der Waals surface area contributed by atoms with Crippen LogP contribution in [0.1, 0.15) is 60.6 Å². The van der Waals surface area contributed by atoms with Gasteiger partial charge in [0.1, 0.15) is 5.69 Å². The first-order valence-corrected chi connectivity index (χ1v) is 7.55. The minimum absolute atomic E-state index is 0.110.